The molecule has 2 aromatic heterocycles. The van der Waals surface area contributed by atoms with Gasteiger partial charge >= 0.3 is 0 Å². The number of rotatable bonds is 4. The summed E-state index contributed by atoms with van der Waals surface area (Å²) in [6, 6.07) is 12.3. The number of aromatic nitrogens is 2. The smallest absolute Gasteiger partial charge is 0.263 e. The summed E-state index contributed by atoms with van der Waals surface area (Å²) in [4.78, 5) is 43.9. The fourth-order valence-electron chi connectivity index (χ4n) is 3.84. The largest absolute Gasteiger partial charge is 0.271 e. The second-order valence-electron chi connectivity index (χ2n) is 7.24. The molecule has 9 nitrogen and oxygen atoms in total. The van der Waals surface area contributed by atoms with Crippen LogP contribution in [0, 0.1) is 0 Å². The summed E-state index contributed by atoms with van der Waals surface area (Å²) in [6.07, 6.45) is 2.51. The van der Waals surface area contributed by atoms with Gasteiger partial charge in [0, 0.05) is 12.3 Å². The van der Waals surface area contributed by atoms with Gasteiger partial charge in [-0.2, -0.15) is 5.11 Å². The summed E-state index contributed by atoms with van der Waals surface area (Å²) in [5.41, 5.74) is 2.37. The molecule has 1 aromatic carbocycles. The number of nitrogens with zero attached hydrogens (tertiary/aromatic N) is 6. The molecular formula is C21H18N6O3. The molecule has 0 N–H and O–H groups in total. The predicted molar refractivity (Wildman–Crippen MR) is 108 cm³/mol. The minimum absolute atomic E-state index is 0.104. The van der Waals surface area contributed by atoms with E-state index in [9.17, 15) is 14.4 Å². The van der Waals surface area contributed by atoms with Crippen molar-refractivity contribution in [2.24, 2.45) is 10.3 Å². The Morgan fingerprint density at radius 3 is 2.57 bits per heavy atom. The van der Waals surface area contributed by atoms with Crippen molar-refractivity contribution < 1.29 is 9.59 Å². The second kappa shape index (κ2) is 6.87. The van der Waals surface area contributed by atoms with Gasteiger partial charge < -0.3 is 0 Å². The van der Waals surface area contributed by atoms with Crippen molar-refractivity contribution in [1.29, 1.82) is 0 Å². The maximum atomic E-state index is 13.1. The molecule has 0 bridgehead atoms. The first-order valence-electron chi connectivity index (χ1n) is 9.68. The van der Waals surface area contributed by atoms with Crippen molar-refractivity contribution in [1.82, 2.24) is 14.4 Å². The summed E-state index contributed by atoms with van der Waals surface area (Å²) < 4.78 is 1.43. The minimum Gasteiger partial charge on any atom is -0.271 e. The number of hydrogen-bond donors (Lipinski definition) is 0. The first kappa shape index (κ1) is 18.2. The lowest BCUT2D eigenvalue weighted by Gasteiger charge is -2.20. The number of amides is 2. The van der Waals surface area contributed by atoms with Crippen LogP contribution in [0.5, 0.6) is 0 Å². The maximum Gasteiger partial charge on any atom is 0.263 e. The van der Waals surface area contributed by atoms with E-state index in [2.05, 4.69) is 15.3 Å². The standard InChI is InChI=1S/C21H18N6O3/c1-2-13-6-8-15(9-7-13)27-20(29)18-19(21(27)30)26(24-23-18)12-14-11-17(28)25-10-4-3-5-16(25)22-14/h3-11,18-19H,2,12H2,1H3/t18-,19-/m0/s1. The van der Waals surface area contributed by atoms with Gasteiger partial charge in [-0.1, -0.05) is 30.3 Å². The van der Waals surface area contributed by atoms with Gasteiger partial charge in [0.2, 0.25) is 0 Å². The summed E-state index contributed by atoms with van der Waals surface area (Å²) in [7, 11) is 0. The Bertz CT molecular complexity index is 1250. The molecule has 2 amide bonds. The summed E-state index contributed by atoms with van der Waals surface area (Å²) in [6.45, 7) is 2.14. The highest BCUT2D eigenvalue weighted by Crippen LogP contribution is 2.32. The quantitative estimate of drug-likeness (QED) is 0.619. The van der Waals surface area contributed by atoms with Crippen LogP contribution < -0.4 is 10.5 Å². The fraction of sp³-hybridized carbons (Fsp3) is 0.238. The molecule has 0 spiro atoms. The van der Waals surface area contributed by atoms with Crippen molar-refractivity contribution in [3.8, 4) is 0 Å². The van der Waals surface area contributed by atoms with E-state index in [1.54, 1.807) is 36.5 Å². The van der Waals surface area contributed by atoms with Crippen molar-refractivity contribution in [2.45, 2.75) is 32.0 Å². The Labute approximate surface area is 171 Å². The van der Waals surface area contributed by atoms with Gasteiger partial charge in [0.05, 0.1) is 17.9 Å². The highest BCUT2D eigenvalue weighted by Gasteiger charge is 2.54. The Balaban J connectivity index is 1.43. The van der Waals surface area contributed by atoms with Gasteiger partial charge in [-0.05, 0) is 36.2 Å². The molecule has 0 aliphatic carbocycles. The molecule has 1 saturated heterocycles. The van der Waals surface area contributed by atoms with Crippen LogP contribution in [-0.4, -0.2) is 38.3 Å². The number of carbonyl (C=O) groups excluding carboxylic acids is 2. The molecule has 4 heterocycles. The van der Waals surface area contributed by atoms with Crippen molar-refractivity contribution >= 4 is 23.1 Å². The van der Waals surface area contributed by atoms with E-state index >= 15 is 0 Å². The molecular weight excluding hydrogens is 384 g/mol. The number of imide groups is 1. The molecule has 3 aromatic rings. The zero-order valence-corrected chi connectivity index (χ0v) is 16.2. The van der Waals surface area contributed by atoms with E-state index in [4.69, 9.17) is 0 Å². The average Bonchev–Trinajstić information content (AvgIpc) is 3.28. The SMILES string of the molecule is CCc1ccc(N2C(=O)[C@H]3N=NN(Cc4cc(=O)n5ccccc5n4)[C@@H]3C2=O)cc1. The lowest BCUT2D eigenvalue weighted by molar-refractivity contribution is -0.123. The van der Waals surface area contributed by atoms with Crippen LogP contribution in [0.3, 0.4) is 0 Å². The first-order chi connectivity index (χ1) is 14.6. The van der Waals surface area contributed by atoms with E-state index in [0.29, 0.717) is 17.0 Å². The fourth-order valence-corrected chi connectivity index (χ4v) is 3.84. The summed E-state index contributed by atoms with van der Waals surface area (Å²) in [5.74, 6) is -0.774. The van der Waals surface area contributed by atoms with E-state index in [1.165, 1.54) is 20.4 Å². The second-order valence-corrected chi connectivity index (χ2v) is 7.24. The van der Waals surface area contributed by atoms with Crippen LogP contribution in [0.2, 0.25) is 0 Å². The number of anilines is 1. The number of benzene rings is 1. The van der Waals surface area contributed by atoms with Crippen molar-refractivity contribution in [3.05, 3.63) is 76.3 Å². The van der Waals surface area contributed by atoms with Gasteiger partial charge in [-0.3, -0.25) is 23.8 Å². The van der Waals surface area contributed by atoms with E-state index in [1.807, 2.05) is 19.1 Å². The molecule has 0 unspecified atom stereocenters. The number of aryl methyl sites for hydroxylation is 1. The lowest BCUT2D eigenvalue weighted by Crippen LogP contribution is -2.39. The molecule has 0 radical (unpaired) electrons. The van der Waals surface area contributed by atoms with Crippen LogP contribution in [0.4, 0.5) is 5.69 Å². The predicted octanol–water partition coefficient (Wildman–Crippen LogP) is 1.75. The molecule has 2 atom stereocenters. The molecule has 2 aliphatic heterocycles. The topological polar surface area (TPSA) is 99.7 Å². The Hall–Kier alpha value is -3.88. The minimum atomic E-state index is -0.884. The van der Waals surface area contributed by atoms with Gasteiger partial charge in [0.25, 0.3) is 17.4 Å². The Morgan fingerprint density at radius 1 is 1.00 bits per heavy atom. The van der Waals surface area contributed by atoms with Crippen LogP contribution in [0.15, 0.2) is 69.9 Å². The highest BCUT2D eigenvalue weighted by atomic mass is 16.2. The molecule has 5 rings (SSSR count). The molecule has 150 valence electrons. The monoisotopic (exact) mass is 402 g/mol. The third-order valence-corrected chi connectivity index (χ3v) is 5.41. The summed E-state index contributed by atoms with van der Waals surface area (Å²) in [5, 5.41) is 9.49. The van der Waals surface area contributed by atoms with Crippen LogP contribution in [-0.2, 0) is 22.6 Å². The average molecular weight is 402 g/mol. The Kier molecular flexibility index (Phi) is 4.16. The van der Waals surface area contributed by atoms with E-state index in [-0.39, 0.29) is 18.0 Å². The van der Waals surface area contributed by atoms with Crippen molar-refractivity contribution in [2.75, 3.05) is 4.90 Å². The van der Waals surface area contributed by atoms with Gasteiger partial charge in [-0.15, -0.1) is 0 Å². The number of pyridine rings is 1. The van der Waals surface area contributed by atoms with E-state index in [0.717, 1.165) is 12.0 Å². The summed E-state index contributed by atoms with van der Waals surface area (Å²) >= 11 is 0. The highest BCUT2D eigenvalue weighted by molar-refractivity contribution is 6.25. The van der Waals surface area contributed by atoms with Gasteiger partial charge in [-0.25, -0.2) is 9.88 Å². The van der Waals surface area contributed by atoms with Gasteiger partial charge in [0.1, 0.15) is 5.65 Å². The first-order valence-corrected chi connectivity index (χ1v) is 9.68. The Morgan fingerprint density at radius 2 is 1.80 bits per heavy atom. The number of hydrogen-bond acceptors (Lipinski definition) is 7. The van der Waals surface area contributed by atoms with Crippen molar-refractivity contribution in [3.63, 3.8) is 0 Å². The normalized spacial score (nSPS) is 20.4. The number of carbonyl (C=O) groups is 2. The maximum absolute atomic E-state index is 13.1. The van der Waals surface area contributed by atoms with E-state index < -0.39 is 18.0 Å². The zero-order valence-electron chi connectivity index (χ0n) is 16.2. The van der Waals surface area contributed by atoms with Crippen LogP contribution >= 0.6 is 0 Å². The van der Waals surface area contributed by atoms with Crippen LogP contribution in [0.25, 0.3) is 5.65 Å². The molecule has 9 heteroatoms. The molecule has 2 aliphatic rings. The third kappa shape index (κ3) is 2.78. The molecule has 1 fully saturated rings. The van der Waals surface area contributed by atoms with Crippen LogP contribution in [0.1, 0.15) is 18.2 Å². The van der Waals surface area contributed by atoms with Gasteiger partial charge in [0.15, 0.2) is 12.1 Å². The number of fused-ring (bicyclic) bond motifs is 2. The molecule has 30 heavy (non-hydrogen) atoms. The molecule has 0 saturated carbocycles. The third-order valence-electron chi connectivity index (χ3n) is 5.41. The zero-order chi connectivity index (χ0) is 20.8. The lowest BCUT2D eigenvalue weighted by atomic mass is 10.1.